The number of rotatable bonds is 5. The Morgan fingerprint density at radius 1 is 1.38 bits per heavy atom. The summed E-state index contributed by atoms with van der Waals surface area (Å²) in [7, 11) is 0.0312. The Morgan fingerprint density at radius 2 is 2.15 bits per heavy atom. The normalized spacial score (nSPS) is 19.4. The van der Waals surface area contributed by atoms with Crippen molar-refractivity contribution in [2.75, 3.05) is 33.7 Å². The summed E-state index contributed by atoms with van der Waals surface area (Å²) < 4.78 is 32.1. The molecule has 2 aromatic rings. The summed E-state index contributed by atoms with van der Waals surface area (Å²) in [5, 5.41) is 7.41. The minimum atomic E-state index is -3.57. The average molecular weight is 379 g/mol. The number of piperazine rings is 1. The Hall–Kier alpha value is -1.81. The quantitative estimate of drug-likeness (QED) is 0.838. The smallest absolute Gasteiger partial charge is 0.258 e. The molecule has 0 radical (unpaired) electrons. The maximum atomic E-state index is 12.7. The van der Waals surface area contributed by atoms with Gasteiger partial charge < -0.3 is 9.84 Å². The third-order valence-electron chi connectivity index (χ3n) is 4.74. The summed E-state index contributed by atoms with van der Waals surface area (Å²) in [5.74, 6) is 0.922. The van der Waals surface area contributed by atoms with Crippen molar-refractivity contribution in [3.63, 3.8) is 0 Å². The van der Waals surface area contributed by atoms with Crippen LogP contribution in [0, 0.1) is 0 Å². The van der Waals surface area contributed by atoms with E-state index >= 15 is 0 Å². The minimum Gasteiger partial charge on any atom is -0.334 e. The fourth-order valence-corrected chi connectivity index (χ4v) is 4.23. The van der Waals surface area contributed by atoms with Gasteiger partial charge in [-0.25, -0.2) is 8.42 Å². The fourth-order valence-electron chi connectivity index (χ4n) is 2.82. The van der Waals surface area contributed by atoms with Gasteiger partial charge in [-0.1, -0.05) is 11.2 Å². The lowest BCUT2D eigenvalue weighted by Crippen LogP contribution is -2.44. The van der Waals surface area contributed by atoms with Crippen LogP contribution in [0.1, 0.15) is 25.7 Å². The van der Waals surface area contributed by atoms with Crippen molar-refractivity contribution in [1.29, 1.82) is 0 Å². The van der Waals surface area contributed by atoms with Gasteiger partial charge in [0, 0.05) is 38.3 Å². The number of sulfonamides is 1. The molecule has 1 unspecified atom stereocenters. The number of benzene rings is 1. The lowest BCUT2D eigenvalue weighted by molar-refractivity contribution is 0.190. The molecule has 26 heavy (non-hydrogen) atoms. The zero-order chi connectivity index (χ0) is 18.9. The molecule has 0 bridgehead atoms. The van der Waals surface area contributed by atoms with Crippen LogP contribution in [0.5, 0.6) is 0 Å². The van der Waals surface area contributed by atoms with E-state index in [0.29, 0.717) is 17.3 Å². The van der Waals surface area contributed by atoms with Crippen LogP contribution in [-0.4, -0.2) is 67.5 Å². The average Bonchev–Trinajstić information content (AvgIpc) is 3.11. The highest BCUT2D eigenvalue weighted by molar-refractivity contribution is 7.89. The van der Waals surface area contributed by atoms with E-state index in [9.17, 15) is 8.42 Å². The summed E-state index contributed by atoms with van der Waals surface area (Å²) in [5.41, 5.74) is 0.591. The highest BCUT2D eigenvalue weighted by Gasteiger charge is 2.27. The molecule has 1 N–H and O–H groups in total. The molecule has 2 heterocycles. The zero-order valence-corrected chi connectivity index (χ0v) is 16.3. The molecule has 8 nitrogen and oxygen atoms in total. The second-order valence-corrected chi connectivity index (χ2v) is 8.80. The van der Waals surface area contributed by atoms with E-state index in [1.54, 1.807) is 31.3 Å². The maximum Gasteiger partial charge on any atom is 0.258 e. The first-order valence-electron chi connectivity index (χ1n) is 8.63. The van der Waals surface area contributed by atoms with Gasteiger partial charge in [-0.2, -0.15) is 9.29 Å². The lowest BCUT2D eigenvalue weighted by atomic mass is 10.2. The molecule has 1 aromatic carbocycles. The lowest BCUT2D eigenvalue weighted by Gasteiger charge is -2.30. The van der Waals surface area contributed by atoms with Crippen molar-refractivity contribution < 1.29 is 12.9 Å². The SMILES string of the molecule is CC(C)N(C)S(=O)(=O)c1cccc(-c2nc(C3CNCCN3C)no2)c1. The molecule has 0 saturated carbocycles. The molecular weight excluding hydrogens is 354 g/mol. The van der Waals surface area contributed by atoms with Gasteiger partial charge in [-0.15, -0.1) is 0 Å². The van der Waals surface area contributed by atoms with Crippen LogP contribution >= 0.6 is 0 Å². The van der Waals surface area contributed by atoms with Crippen LogP contribution in [0.4, 0.5) is 0 Å². The van der Waals surface area contributed by atoms with Crippen molar-refractivity contribution in [2.24, 2.45) is 0 Å². The Balaban J connectivity index is 1.90. The summed E-state index contributed by atoms with van der Waals surface area (Å²) in [4.78, 5) is 6.87. The van der Waals surface area contributed by atoms with Gasteiger partial charge in [0.25, 0.3) is 5.89 Å². The van der Waals surface area contributed by atoms with Crippen molar-refractivity contribution in [3.05, 3.63) is 30.1 Å². The first kappa shape index (κ1) is 19.0. The number of nitrogens with zero attached hydrogens (tertiary/aromatic N) is 4. The molecule has 1 saturated heterocycles. The number of nitrogens with one attached hydrogen (secondary N) is 1. The molecule has 142 valence electrons. The minimum absolute atomic E-state index is 0.0419. The van der Waals surface area contributed by atoms with E-state index < -0.39 is 10.0 Å². The van der Waals surface area contributed by atoms with E-state index in [2.05, 4.69) is 20.4 Å². The highest BCUT2D eigenvalue weighted by atomic mass is 32.2. The molecule has 1 atom stereocenters. The predicted molar refractivity (Wildman–Crippen MR) is 98.1 cm³/mol. The molecule has 0 spiro atoms. The largest absolute Gasteiger partial charge is 0.334 e. The number of hydrogen-bond acceptors (Lipinski definition) is 7. The van der Waals surface area contributed by atoms with Crippen molar-refractivity contribution in [3.8, 4) is 11.5 Å². The summed E-state index contributed by atoms with van der Waals surface area (Å²) in [6.07, 6.45) is 0. The maximum absolute atomic E-state index is 12.7. The van der Waals surface area contributed by atoms with E-state index in [4.69, 9.17) is 4.52 Å². The third kappa shape index (κ3) is 3.66. The van der Waals surface area contributed by atoms with Crippen molar-refractivity contribution >= 4 is 10.0 Å². The topological polar surface area (TPSA) is 91.6 Å². The standard InChI is InChI=1S/C17H25N5O3S/c1-12(2)22(4)26(23,24)14-7-5-6-13(10-14)17-19-16(20-25-17)15-11-18-8-9-21(15)3/h5-7,10,12,15,18H,8-9,11H2,1-4H3. The van der Waals surface area contributed by atoms with Gasteiger partial charge in [0.05, 0.1) is 10.9 Å². The number of likely N-dealkylation sites (N-methyl/N-ethyl adjacent to an activating group) is 1. The van der Waals surface area contributed by atoms with Gasteiger partial charge in [0.1, 0.15) is 0 Å². The molecule has 1 fully saturated rings. The summed E-state index contributed by atoms with van der Waals surface area (Å²) in [6.45, 7) is 6.26. The van der Waals surface area contributed by atoms with Crippen LogP contribution in [0.15, 0.2) is 33.7 Å². The van der Waals surface area contributed by atoms with Crippen molar-refractivity contribution in [1.82, 2.24) is 24.7 Å². The van der Waals surface area contributed by atoms with Crippen molar-refractivity contribution in [2.45, 2.75) is 30.8 Å². The zero-order valence-electron chi connectivity index (χ0n) is 15.5. The Kier molecular flexibility index (Phi) is 5.42. The van der Waals surface area contributed by atoms with Crippen LogP contribution in [0.25, 0.3) is 11.5 Å². The Bertz CT molecular complexity index is 865. The van der Waals surface area contributed by atoms with Gasteiger partial charge in [-0.05, 0) is 39.1 Å². The second-order valence-electron chi connectivity index (χ2n) is 6.80. The van der Waals surface area contributed by atoms with Crippen LogP contribution in [-0.2, 0) is 10.0 Å². The Morgan fingerprint density at radius 3 is 2.85 bits per heavy atom. The third-order valence-corrected chi connectivity index (χ3v) is 6.77. The molecule has 0 aliphatic carbocycles. The summed E-state index contributed by atoms with van der Waals surface area (Å²) in [6, 6.07) is 6.53. The highest BCUT2D eigenvalue weighted by Crippen LogP contribution is 2.26. The molecule has 1 aromatic heterocycles. The molecule has 3 rings (SSSR count). The van der Waals surface area contributed by atoms with Gasteiger partial charge >= 0.3 is 0 Å². The first-order valence-corrected chi connectivity index (χ1v) is 10.1. The molecule has 0 amide bonds. The van der Waals surface area contributed by atoms with Gasteiger partial charge in [0.15, 0.2) is 5.82 Å². The predicted octanol–water partition coefficient (Wildman–Crippen LogP) is 1.34. The van der Waals surface area contributed by atoms with Crippen LogP contribution in [0.2, 0.25) is 0 Å². The van der Waals surface area contributed by atoms with Crippen LogP contribution in [0.3, 0.4) is 0 Å². The summed E-state index contributed by atoms with van der Waals surface area (Å²) >= 11 is 0. The van der Waals surface area contributed by atoms with Gasteiger partial charge in [0.2, 0.25) is 10.0 Å². The van der Waals surface area contributed by atoms with Crippen LogP contribution < -0.4 is 5.32 Å². The molecular formula is C17H25N5O3S. The molecule has 9 heteroatoms. The van der Waals surface area contributed by atoms with Gasteiger partial charge in [-0.3, -0.25) is 4.90 Å². The monoisotopic (exact) mass is 379 g/mol. The van der Waals surface area contributed by atoms with E-state index in [1.807, 2.05) is 20.9 Å². The fraction of sp³-hybridized carbons (Fsp3) is 0.529. The number of aromatic nitrogens is 2. The van der Waals surface area contributed by atoms with E-state index in [0.717, 1.165) is 19.6 Å². The van der Waals surface area contributed by atoms with E-state index in [1.165, 1.54) is 4.31 Å². The first-order chi connectivity index (χ1) is 12.3. The second kappa shape index (κ2) is 7.43. The Labute approximate surface area is 154 Å². The van der Waals surface area contributed by atoms with E-state index in [-0.39, 0.29) is 17.0 Å². The number of hydrogen-bond donors (Lipinski definition) is 1. The molecule has 1 aliphatic heterocycles. The molecule has 1 aliphatic rings.